The van der Waals surface area contributed by atoms with E-state index in [-0.39, 0.29) is 27.8 Å². The molecule has 0 saturated carbocycles. The molecule has 0 saturated heterocycles. The summed E-state index contributed by atoms with van der Waals surface area (Å²) < 4.78 is 40.4. The molecule has 3 rings (SSSR count). The minimum Gasteiger partial charge on any atom is -0.345 e. The standard InChI is InChI=1S/C23H22ClFN2O3S/c1-16(18-8-10-19(25)11-9-18)26-23(28)21-14-20(12-13-22(21)24)31(29,30)27(2)15-17-6-4-3-5-7-17/h3-14,16H,15H2,1-2H3,(H,26,28). The van der Waals surface area contributed by atoms with Crippen molar-refractivity contribution in [3.63, 3.8) is 0 Å². The molecule has 1 N–H and O–H groups in total. The summed E-state index contributed by atoms with van der Waals surface area (Å²) in [6.07, 6.45) is 0. The largest absolute Gasteiger partial charge is 0.345 e. The van der Waals surface area contributed by atoms with Gasteiger partial charge < -0.3 is 5.32 Å². The molecule has 0 aromatic heterocycles. The number of hydrogen-bond donors (Lipinski definition) is 1. The van der Waals surface area contributed by atoms with Crippen LogP contribution in [-0.4, -0.2) is 25.7 Å². The fourth-order valence-corrected chi connectivity index (χ4v) is 4.44. The first kappa shape index (κ1) is 22.9. The summed E-state index contributed by atoms with van der Waals surface area (Å²) in [6.45, 7) is 1.93. The molecule has 0 aliphatic heterocycles. The van der Waals surface area contributed by atoms with E-state index in [2.05, 4.69) is 5.32 Å². The van der Waals surface area contributed by atoms with E-state index in [9.17, 15) is 17.6 Å². The molecule has 1 amide bonds. The average Bonchev–Trinajstić information content (AvgIpc) is 2.75. The second-order valence-electron chi connectivity index (χ2n) is 7.14. The Bertz CT molecular complexity index is 1170. The second-order valence-corrected chi connectivity index (χ2v) is 9.59. The summed E-state index contributed by atoms with van der Waals surface area (Å²) in [5.41, 5.74) is 1.59. The number of sulfonamides is 1. The van der Waals surface area contributed by atoms with Crippen molar-refractivity contribution in [3.8, 4) is 0 Å². The van der Waals surface area contributed by atoms with Crippen LogP contribution >= 0.6 is 11.6 Å². The number of hydrogen-bond acceptors (Lipinski definition) is 3. The second kappa shape index (κ2) is 9.60. The minimum absolute atomic E-state index is 0.0325. The lowest BCUT2D eigenvalue weighted by Gasteiger charge is -2.19. The molecule has 162 valence electrons. The molecule has 0 bridgehead atoms. The van der Waals surface area contributed by atoms with E-state index in [1.807, 2.05) is 30.3 Å². The van der Waals surface area contributed by atoms with E-state index in [1.165, 1.54) is 41.7 Å². The highest BCUT2D eigenvalue weighted by molar-refractivity contribution is 7.89. The van der Waals surface area contributed by atoms with Crippen LogP contribution in [0.4, 0.5) is 4.39 Å². The van der Waals surface area contributed by atoms with Gasteiger partial charge in [-0.3, -0.25) is 4.79 Å². The molecular weight excluding hydrogens is 439 g/mol. The summed E-state index contributed by atoms with van der Waals surface area (Å²) >= 11 is 6.18. The van der Waals surface area contributed by atoms with Crippen molar-refractivity contribution in [2.75, 3.05) is 7.05 Å². The first-order chi connectivity index (χ1) is 14.7. The molecule has 0 heterocycles. The zero-order valence-electron chi connectivity index (χ0n) is 17.0. The van der Waals surface area contributed by atoms with Gasteiger partial charge in [-0.25, -0.2) is 12.8 Å². The Hall–Kier alpha value is -2.74. The SMILES string of the molecule is CC(NC(=O)c1cc(S(=O)(=O)N(C)Cc2ccccc2)ccc1Cl)c1ccc(F)cc1. The summed E-state index contributed by atoms with van der Waals surface area (Å²) in [5, 5.41) is 2.90. The van der Waals surface area contributed by atoms with Gasteiger partial charge in [0.25, 0.3) is 5.91 Å². The Labute approximate surface area is 186 Å². The molecule has 0 fully saturated rings. The molecule has 0 aliphatic rings. The molecule has 0 radical (unpaired) electrons. The first-order valence-electron chi connectivity index (χ1n) is 9.54. The highest BCUT2D eigenvalue weighted by atomic mass is 35.5. The normalized spacial score (nSPS) is 12.5. The van der Waals surface area contributed by atoms with Gasteiger partial charge in [-0.2, -0.15) is 4.31 Å². The van der Waals surface area contributed by atoms with E-state index in [1.54, 1.807) is 19.1 Å². The van der Waals surface area contributed by atoms with Gasteiger partial charge in [-0.05, 0) is 48.4 Å². The Morgan fingerprint density at radius 2 is 1.71 bits per heavy atom. The van der Waals surface area contributed by atoms with E-state index in [0.717, 1.165) is 5.56 Å². The number of carbonyl (C=O) groups excluding carboxylic acids is 1. The van der Waals surface area contributed by atoms with E-state index in [0.29, 0.717) is 5.56 Å². The van der Waals surface area contributed by atoms with Crippen LogP contribution in [0.3, 0.4) is 0 Å². The molecule has 0 spiro atoms. The zero-order chi connectivity index (χ0) is 22.6. The van der Waals surface area contributed by atoms with Gasteiger partial charge in [0.05, 0.1) is 21.5 Å². The van der Waals surface area contributed by atoms with Gasteiger partial charge in [-0.1, -0.05) is 54.1 Å². The van der Waals surface area contributed by atoms with Crippen LogP contribution in [0.2, 0.25) is 5.02 Å². The fraction of sp³-hybridized carbons (Fsp3) is 0.174. The quantitative estimate of drug-likeness (QED) is 0.551. The van der Waals surface area contributed by atoms with Crippen molar-refractivity contribution in [2.45, 2.75) is 24.4 Å². The summed E-state index contributed by atoms with van der Waals surface area (Å²) in [6, 6.07) is 18.6. The van der Waals surface area contributed by atoms with E-state index < -0.39 is 22.0 Å². The summed E-state index contributed by atoms with van der Waals surface area (Å²) in [5.74, 6) is -0.896. The van der Waals surface area contributed by atoms with Gasteiger partial charge in [-0.15, -0.1) is 0 Å². The number of halogens is 2. The third-order valence-corrected chi connectivity index (χ3v) is 6.99. The third-order valence-electron chi connectivity index (χ3n) is 4.86. The van der Waals surface area contributed by atoms with Gasteiger partial charge >= 0.3 is 0 Å². The van der Waals surface area contributed by atoms with Crippen molar-refractivity contribution >= 4 is 27.5 Å². The number of nitrogens with one attached hydrogen (secondary N) is 1. The van der Waals surface area contributed by atoms with Crippen LogP contribution in [0, 0.1) is 5.82 Å². The van der Waals surface area contributed by atoms with Gasteiger partial charge in [0, 0.05) is 13.6 Å². The van der Waals surface area contributed by atoms with Crippen LogP contribution in [0.15, 0.2) is 77.7 Å². The maximum Gasteiger partial charge on any atom is 0.253 e. The summed E-state index contributed by atoms with van der Waals surface area (Å²) in [4.78, 5) is 12.7. The lowest BCUT2D eigenvalue weighted by atomic mass is 10.1. The van der Waals surface area contributed by atoms with Crippen LogP contribution < -0.4 is 5.32 Å². The van der Waals surface area contributed by atoms with Gasteiger partial charge in [0.15, 0.2) is 0 Å². The molecule has 5 nitrogen and oxygen atoms in total. The van der Waals surface area contributed by atoms with Crippen molar-refractivity contribution in [1.29, 1.82) is 0 Å². The number of carbonyl (C=O) groups is 1. The molecule has 0 aliphatic carbocycles. The molecule has 8 heteroatoms. The summed E-state index contributed by atoms with van der Waals surface area (Å²) in [7, 11) is -2.36. The smallest absolute Gasteiger partial charge is 0.253 e. The van der Waals surface area contributed by atoms with Crippen LogP contribution in [0.25, 0.3) is 0 Å². The van der Waals surface area contributed by atoms with Gasteiger partial charge in [0.1, 0.15) is 5.82 Å². The molecule has 3 aromatic carbocycles. The van der Waals surface area contributed by atoms with Crippen LogP contribution in [0.1, 0.15) is 34.5 Å². The molecule has 3 aromatic rings. The van der Waals surface area contributed by atoms with Crippen molar-refractivity contribution in [3.05, 3.63) is 100 Å². The molecule has 1 unspecified atom stereocenters. The monoisotopic (exact) mass is 460 g/mol. The molecule has 1 atom stereocenters. The Morgan fingerprint density at radius 3 is 2.35 bits per heavy atom. The van der Waals surface area contributed by atoms with Crippen LogP contribution in [-0.2, 0) is 16.6 Å². The maximum atomic E-state index is 13.1. The fourth-order valence-electron chi connectivity index (χ4n) is 3.05. The topological polar surface area (TPSA) is 66.5 Å². The van der Waals surface area contributed by atoms with E-state index in [4.69, 9.17) is 11.6 Å². The predicted molar refractivity (Wildman–Crippen MR) is 119 cm³/mol. The minimum atomic E-state index is -3.84. The molecular formula is C23H22ClFN2O3S. The van der Waals surface area contributed by atoms with Crippen molar-refractivity contribution in [1.82, 2.24) is 9.62 Å². The third kappa shape index (κ3) is 5.50. The highest BCUT2D eigenvalue weighted by Crippen LogP contribution is 2.24. The number of nitrogens with zero attached hydrogens (tertiary/aromatic N) is 1. The zero-order valence-corrected chi connectivity index (χ0v) is 18.6. The van der Waals surface area contributed by atoms with Gasteiger partial charge in [0.2, 0.25) is 10.0 Å². The van der Waals surface area contributed by atoms with Crippen molar-refractivity contribution in [2.24, 2.45) is 0 Å². The molecule has 31 heavy (non-hydrogen) atoms. The first-order valence-corrected chi connectivity index (χ1v) is 11.4. The predicted octanol–water partition coefficient (Wildman–Crippen LogP) is 4.79. The number of rotatable bonds is 7. The highest BCUT2D eigenvalue weighted by Gasteiger charge is 2.24. The number of benzene rings is 3. The number of amides is 1. The maximum absolute atomic E-state index is 13.1. The Kier molecular flexibility index (Phi) is 7.10. The Balaban J connectivity index is 1.81. The average molecular weight is 461 g/mol. The van der Waals surface area contributed by atoms with E-state index >= 15 is 0 Å². The van der Waals surface area contributed by atoms with Crippen molar-refractivity contribution < 1.29 is 17.6 Å². The van der Waals surface area contributed by atoms with Crippen LogP contribution in [0.5, 0.6) is 0 Å². The lowest BCUT2D eigenvalue weighted by molar-refractivity contribution is 0.0940. The Morgan fingerprint density at radius 1 is 1.06 bits per heavy atom. The lowest BCUT2D eigenvalue weighted by Crippen LogP contribution is -2.29.